The fourth-order valence-corrected chi connectivity index (χ4v) is 1.91. The minimum atomic E-state index is -0.393. The average Bonchev–Trinajstić information content (AvgIpc) is 2.42. The number of carbonyl (C=O) groups is 1. The van der Waals surface area contributed by atoms with Crippen LogP contribution in [-0.2, 0) is 4.74 Å². The number of hydrogen-bond acceptors (Lipinski definition) is 3. The Balaban J connectivity index is 2.17. The zero-order valence-corrected chi connectivity index (χ0v) is 11.5. The number of rotatable bonds is 3. The van der Waals surface area contributed by atoms with E-state index in [2.05, 4.69) is 4.74 Å². The number of ether oxygens (including phenoxy) is 2. The van der Waals surface area contributed by atoms with Crippen molar-refractivity contribution in [1.29, 1.82) is 0 Å². The fraction of sp³-hybridized carbons (Fsp3) is 0.0714. The molecule has 0 bridgehead atoms. The van der Waals surface area contributed by atoms with E-state index in [4.69, 9.17) is 27.9 Å². The standard InChI is InChI=1S/C14H10Cl2O3/c1-18-14(17)9-2-5-11(6-3-9)19-13-7-4-10(15)8-12(13)16/h2-8H,1H3. The largest absolute Gasteiger partial charge is 0.465 e. The van der Waals surface area contributed by atoms with Crippen molar-refractivity contribution in [2.75, 3.05) is 7.11 Å². The lowest BCUT2D eigenvalue weighted by molar-refractivity contribution is 0.0600. The molecule has 0 spiro atoms. The number of halogens is 2. The maximum Gasteiger partial charge on any atom is 0.337 e. The van der Waals surface area contributed by atoms with Crippen LogP contribution in [-0.4, -0.2) is 13.1 Å². The summed E-state index contributed by atoms with van der Waals surface area (Å²) in [6, 6.07) is 11.5. The molecule has 2 aromatic rings. The lowest BCUT2D eigenvalue weighted by Gasteiger charge is -2.08. The summed E-state index contributed by atoms with van der Waals surface area (Å²) in [5.74, 6) is 0.671. The van der Waals surface area contributed by atoms with Crippen molar-refractivity contribution in [1.82, 2.24) is 0 Å². The predicted molar refractivity (Wildman–Crippen MR) is 74.3 cm³/mol. The molecule has 0 radical (unpaired) electrons. The Morgan fingerprint density at radius 3 is 2.32 bits per heavy atom. The van der Waals surface area contributed by atoms with Gasteiger partial charge in [-0.25, -0.2) is 4.79 Å². The lowest BCUT2D eigenvalue weighted by Crippen LogP contribution is -2.00. The van der Waals surface area contributed by atoms with Crippen molar-refractivity contribution >= 4 is 29.2 Å². The summed E-state index contributed by atoms with van der Waals surface area (Å²) in [6.45, 7) is 0. The molecule has 0 unspecified atom stereocenters. The number of hydrogen-bond donors (Lipinski definition) is 0. The van der Waals surface area contributed by atoms with Crippen molar-refractivity contribution < 1.29 is 14.3 Å². The van der Waals surface area contributed by atoms with Gasteiger partial charge in [0.25, 0.3) is 0 Å². The van der Waals surface area contributed by atoms with Gasteiger partial charge in [-0.15, -0.1) is 0 Å². The highest BCUT2D eigenvalue weighted by molar-refractivity contribution is 6.35. The van der Waals surface area contributed by atoms with E-state index in [-0.39, 0.29) is 0 Å². The normalized spacial score (nSPS) is 10.1. The van der Waals surface area contributed by atoms with Gasteiger partial charge < -0.3 is 9.47 Å². The summed E-state index contributed by atoms with van der Waals surface area (Å²) in [6.07, 6.45) is 0. The van der Waals surface area contributed by atoms with Crippen LogP contribution < -0.4 is 4.74 Å². The van der Waals surface area contributed by atoms with E-state index in [9.17, 15) is 4.79 Å². The SMILES string of the molecule is COC(=O)c1ccc(Oc2ccc(Cl)cc2Cl)cc1. The minimum absolute atomic E-state index is 0.393. The van der Waals surface area contributed by atoms with Crippen LogP contribution in [0.15, 0.2) is 42.5 Å². The molecule has 0 heterocycles. The second kappa shape index (κ2) is 5.95. The molecule has 2 rings (SSSR count). The smallest absolute Gasteiger partial charge is 0.337 e. The predicted octanol–water partition coefficient (Wildman–Crippen LogP) is 4.57. The van der Waals surface area contributed by atoms with Gasteiger partial charge in [-0.1, -0.05) is 23.2 Å². The van der Waals surface area contributed by atoms with Gasteiger partial charge in [0.05, 0.1) is 17.7 Å². The highest BCUT2D eigenvalue weighted by Crippen LogP contribution is 2.31. The monoisotopic (exact) mass is 296 g/mol. The number of benzene rings is 2. The van der Waals surface area contributed by atoms with Gasteiger partial charge in [0, 0.05) is 5.02 Å². The molecule has 0 aliphatic carbocycles. The Morgan fingerprint density at radius 1 is 1.05 bits per heavy atom. The van der Waals surface area contributed by atoms with Crippen LogP contribution in [0.4, 0.5) is 0 Å². The van der Waals surface area contributed by atoms with E-state index >= 15 is 0 Å². The second-order valence-corrected chi connectivity index (χ2v) is 4.54. The summed E-state index contributed by atoms with van der Waals surface area (Å²) in [4.78, 5) is 11.3. The molecule has 0 aliphatic heterocycles. The first kappa shape index (κ1) is 13.7. The fourth-order valence-electron chi connectivity index (χ4n) is 1.46. The van der Waals surface area contributed by atoms with E-state index < -0.39 is 5.97 Å². The van der Waals surface area contributed by atoms with Crippen LogP contribution in [0.5, 0.6) is 11.5 Å². The molecule has 5 heteroatoms. The maximum atomic E-state index is 11.3. The molecule has 0 saturated heterocycles. The molecule has 0 fully saturated rings. The Kier molecular flexibility index (Phi) is 4.30. The van der Waals surface area contributed by atoms with Crippen molar-refractivity contribution in [2.45, 2.75) is 0 Å². The van der Waals surface area contributed by atoms with E-state index in [0.717, 1.165) is 0 Å². The van der Waals surface area contributed by atoms with Gasteiger partial charge in [0.15, 0.2) is 0 Å². The Hall–Kier alpha value is -1.71. The molecular weight excluding hydrogens is 287 g/mol. The topological polar surface area (TPSA) is 35.5 Å². The first-order chi connectivity index (χ1) is 9.10. The molecule has 0 N–H and O–H groups in total. The van der Waals surface area contributed by atoms with Crippen LogP contribution in [0.3, 0.4) is 0 Å². The second-order valence-electron chi connectivity index (χ2n) is 3.69. The molecule has 0 aromatic heterocycles. The molecule has 0 amide bonds. The quantitative estimate of drug-likeness (QED) is 0.778. The Bertz CT molecular complexity index is 594. The van der Waals surface area contributed by atoms with Crippen LogP contribution >= 0.6 is 23.2 Å². The first-order valence-corrected chi connectivity index (χ1v) is 6.17. The van der Waals surface area contributed by atoms with Crippen molar-refractivity contribution in [3.05, 3.63) is 58.1 Å². The van der Waals surface area contributed by atoms with Gasteiger partial charge in [0.1, 0.15) is 11.5 Å². The van der Waals surface area contributed by atoms with Crippen LogP contribution in [0.2, 0.25) is 10.0 Å². The van der Waals surface area contributed by atoms with Crippen molar-refractivity contribution in [3.63, 3.8) is 0 Å². The van der Waals surface area contributed by atoms with Crippen LogP contribution in [0.25, 0.3) is 0 Å². The first-order valence-electron chi connectivity index (χ1n) is 5.41. The third-order valence-electron chi connectivity index (χ3n) is 2.40. The van der Waals surface area contributed by atoms with Gasteiger partial charge in [0.2, 0.25) is 0 Å². The van der Waals surface area contributed by atoms with Crippen molar-refractivity contribution in [3.8, 4) is 11.5 Å². The molecule has 3 nitrogen and oxygen atoms in total. The average molecular weight is 297 g/mol. The summed E-state index contributed by atoms with van der Waals surface area (Å²) < 4.78 is 10.2. The molecular formula is C14H10Cl2O3. The van der Waals surface area contributed by atoms with Gasteiger partial charge in [-0.3, -0.25) is 0 Å². The molecule has 2 aromatic carbocycles. The number of esters is 1. The summed E-state index contributed by atoms with van der Waals surface area (Å²) in [7, 11) is 1.33. The van der Waals surface area contributed by atoms with E-state index in [0.29, 0.717) is 27.1 Å². The zero-order chi connectivity index (χ0) is 13.8. The molecule has 19 heavy (non-hydrogen) atoms. The zero-order valence-electron chi connectivity index (χ0n) is 10.0. The van der Waals surface area contributed by atoms with Gasteiger partial charge in [-0.2, -0.15) is 0 Å². The Morgan fingerprint density at radius 2 is 1.74 bits per heavy atom. The summed E-state index contributed by atoms with van der Waals surface area (Å²) in [5, 5.41) is 0.961. The third-order valence-corrected chi connectivity index (χ3v) is 2.93. The highest BCUT2D eigenvalue weighted by atomic mass is 35.5. The number of carbonyl (C=O) groups excluding carboxylic acids is 1. The third kappa shape index (κ3) is 3.40. The highest BCUT2D eigenvalue weighted by Gasteiger charge is 2.07. The van der Waals surface area contributed by atoms with Crippen molar-refractivity contribution in [2.24, 2.45) is 0 Å². The van der Waals surface area contributed by atoms with E-state index in [1.807, 2.05) is 0 Å². The summed E-state index contributed by atoms with van der Waals surface area (Å²) >= 11 is 11.8. The van der Waals surface area contributed by atoms with Gasteiger partial charge >= 0.3 is 5.97 Å². The van der Waals surface area contributed by atoms with Crippen LogP contribution in [0, 0.1) is 0 Å². The van der Waals surface area contributed by atoms with Gasteiger partial charge in [-0.05, 0) is 42.5 Å². The minimum Gasteiger partial charge on any atom is -0.465 e. The summed E-state index contributed by atoms with van der Waals surface area (Å²) in [5.41, 5.74) is 0.456. The van der Waals surface area contributed by atoms with E-state index in [1.54, 1.807) is 42.5 Å². The van der Waals surface area contributed by atoms with E-state index in [1.165, 1.54) is 7.11 Å². The molecule has 0 atom stereocenters. The molecule has 98 valence electrons. The maximum absolute atomic E-state index is 11.3. The number of methoxy groups -OCH3 is 1. The Labute approximate surface area is 120 Å². The van der Waals surface area contributed by atoms with Crippen LogP contribution in [0.1, 0.15) is 10.4 Å². The molecule has 0 aliphatic rings. The molecule has 0 saturated carbocycles. The lowest BCUT2D eigenvalue weighted by atomic mass is 10.2.